The van der Waals surface area contributed by atoms with Crippen molar-refractivity contribution >= 4 is 26.6 Å². The summed E-state index contributed by atoms with van der Waals surface area (Å²) in [5.74, 6) is -0.340. The predicted octanol–water partition coefficient (Wildman–Crippen LogP) is 2.03. The van der Waals surface area contributed by atoms with Gasteiger partial charge in [0.15, 0.2) is 5.82 Å². The number of hydrogen-bond acceptors (Lipinski definition) is 6. The molecule has 1 rings (SSSR count). The lowest BCUT2D eigenvalue weighted by molar-refractivity contribution is -0.156. The van der Waals surface area contributed by atoms with E-state index in [1.54, 1.807) is 13.8 Å². The van der Waals surface area contributed by atoms with Gasteiger partial charge in [0.2, 0.25) is 5.22 Å². The monoisotopic (exact) mass is 348 g/mol. The molecule has 9 heteroatoms. The molecule has 0 amide bonds. The summed E-state index contributed by atoms with van der Waals surface area (Å²) in [5.41, 5.74) is 0.233. The van der Waals surface area contributed by atoms with Crippen molar-refractivity contribution in [1.29, 1.82) is 0 Å². The van der Waals surface area contributed by atoms with Crippen molar-refractivity contribution in [2.75, 3.05) is 21.3 Å². The van der Waals surface area contributed by atoms with Gasteiger partial charge in [-0.15, -0.1) is 0 Å². The van der Waals surface area contributed by atoms with Gasteiger partial charge in [0.25, 0.3) is 0 Å². The number of esters is 1. The molecule has 0 aromatic carbocycles. The van der Waals surface area contributed by atoms with Crippen LogP contribution in [0.4, 0.5) is 0 Å². The largest absolute Gasteiger partial charge is 0.554 e. The van der Waals surface area contributed by atoms with Crippen molar-refractivity contribution < 1.29 is 22.8 Å². The smallest absolute Gasteiger partial charge is 0.443 e. The summed E-state index contributed by atoms with van der Waals surface area (Å²) in [5, 5.41) is -1.40. The number of hydrogen-bond donors (Lipinski definition) is 0. The van der Waals surface area contributed by atoms with E-state index < -0.39 is 20.0 Å². The second-order valence-electron chi connectivity index (χ2n) is 4.58. The highest BCUT2D eigenvalue weighted by molar-refractivity contribution is 6.63. The number of aromatic nitrogens is 2. The zero-order chi connectivity index (χ0) is 17.0. The van der Waals surface area contributed by atoms with Gasteiger partial charge in [0.1, 0.15) is 0 Å². The van der Waals surface area contributed by atoms with Crippen LogP contribution in [0.2, 0.25) is 0 Å². The fourth-order valence-electron chi connectivity index (χ4n) is 2.25. The summed E-state index contributed by atoms with van der Waals surface area (Å²) in [4.78, 5) is 16.4. The lowest BCUT2D eigenvalue weighted by Gasteiger charge is -2.41. The highest BCUT2D eigenvalue weighted by atomic mass is 35.5. The van der Waals surface area contributed by atoms with Gasteiger partial charge >= 0.3 is 14.8 Å². The second kappa shape index (κ2) is 7.38. The molecule has 1 atom stereocenters. The quantitative estimate of drug-likeness (QED) is 0.406. The van der Waals surface area contributed by atoms with Crippen LogP contribution < -0.4 is 0 Å². The van der Waals surface area contributed by atoms with Gasteiger partial charge in [0.05, 0.1) is 0 Å². The normalized spacial score (nSPS) is 14.5. The highest BCUT2D eigenvalue weighted by Crippen LogP contribution is 2.40. The summed E-state index contributed by atoms with van der Waals surface area (Å²) in [6.45, 7) is 6.94. The Labute approximate surface area is 136 Å². The molecule has 0 aliphatic carbocycles. The van der Waals surface area contributed by atoms with E-state index in [4.69, 9.17) is 29.8 Å². The van der Waals surface area contributed by atoms with E-state index >= 15 is 0 Å². The van der Waals surface area contributed by atoms with Crippen LogP contribution >= 0.6 is 11.8 Å². The van der Waals surface area contributed by atoms with Crippen LogP contribution in [0.15, 0.2) is 24.5 Å². The van der Waals surface area contributed by atoms with E-state index in [1.807, 2.05) is 0 Å². The van der Waals surface area contributed by atoms with Crippen LogP contribution in [0.25, 0.3) is 0 Å². The molecule has 0 saturated carbocycles. The molecular formula is C13H21ClN2O5Si. The Morgan fingerprint density at radius 3 is 2.27 bits per heavy atom. The summed E-state index contributed by atoms with van der Waals surface area (Å²) in [6.07, 6.45) is 3.30. The molecule has 22 heavy (non-hydrogen) atoms. The minimum Gasteiger partial charge on any atom is -0.443 e. The maximum absolute atomic E-state index is 12.2. The summed E-state index contributed by atoms with van der Waals surface area (Å²) in [7, 11) is 0.797. The molecule has 0 aliphatic heterocycles. The van der Waals surface area contributed by atoms with Crippen molar-refractivity contribution in [2.24, 2.45) is 0 Å². The number of halogens is 1. The van der Waals surface area contributed by atoms with Crippen molar-refractivity contribution in [3.05, 3.63) is 30.4 Å². The number of nitrogens with zero attached hydrogens (tertiary/aromatic N) is 2. The number of carbonyl (C=O) groups is 1. The molecule has 0 aliphatic rings. The zero-order valence-electron chi connectivity index (χ0n) is 13.4. The Kier molecular flexibility index (Phi) is 6.33. The Morgan fingerprint density at radius 2 is 1.95 bits per heavy atom. The van der Waals surface area contributed by atoms with Crippen molar-refractivity contribution in [1.82, 2.24) is 9.07 Å². The Balaban J connectivity index is 3.57. The van der Waals surface area contributed by atoms with Crippen molar-refractivity contribution in [3.8, 4) is 0 Å². The van der Waals surface area contributed by atoms with E-state index in [9.17, 15) is 4.79 Å². The third-order valence-corrected chi connectivity index (χ3v) is 6.93. The molecular weight excluding hydrogens is 328 g/mol. The zero-order valence-corrected chi connectivity index (χ0v) is 15.1. The molecule has 1 aromatic heterocycles. The Morgan fingerprint density at radius 1 is 1.41 bits per heavy atom. The average molecular weight is 349 g/mol. The summed E-state index contributed by atoms with van der Waals surface area (Å²) < 4.78 is 23.5. The number of carbonyl (C=O) groups excluding carboxylic acids is 1. The van der Waals surface area contributed by atoms with E-state index in [0.717, 1.165) is 0 Å². The maximum atomic E-state index is 12.2. The van der Waals surface area contributed by atoms with E-state index in [1.165, 1.54) is 37.8 Å². The first-order valence-electron chi connectivity index (χ1n) is 6.58. The van der Waals surface area contributed by atoms with E-state index in [2.05, 4.69) is 11.6 Å². The third kappa shape index (κ3) is 2.97. The highest BCUT2D eigenvalue weighted by Gasteiger charge is 2.66. The van der Waals surface area contributed by atoms with Crippen molar-refractivity contribution in [3.63, 3.8) is 0 Å². The van der Waals surface area contributed by atoms with Crippen LogP contribution in [-0.4, -0.2) is 45.2 Å². The van der Waals surface area contributed by atoms with Crippen LogP contribution in [-0.2, 0) is 28.0 Å². The minimum absolute atomic E-state index is 0.233. The minimum atomic E-state index is -3.49. The predicted molar refractivity (Wildman–Crippen MR) is 83.1 cm³/mol. The Bertz CT molecular complexity index is 538. The van der Waals surface area contributed by atoms with Gasteiger partial charge in [-0.3, -0.25) is 0 Å². The number of rotatable bonds is 8. The molecule has 0 radical (unpaired) electrons. The lowest BCUT2D eigenvalue weighted by atomic mass is 10.2. The SMILES string of the molecule is C=C(C)C(=O)OC(CC)(c1nccn1Cl)[Si](OC)(OC)OC. The van der Waals surface area contributed by atoms with Crippen LogP contribution in [0.5, 0.6) is 0 Å². The fourth-order valence-corrected chi connectivity index (χ4v) is 5.15. The van der Waals surface area contributed by atoms with E-state index in [-0.39, 0.29) is 17.8 Å². The molecule has 0 saturated heterocycles. The van der Waals surface area contributed by atoms with Gasteiger partial charge in [-0.05, 0) is 13.3 Å². The fraction of sp³-hybridized carbons (Fsp3) is 0.538. The molecule has 1 unspecified atom stereocenters. The van der Waals surface area contributed by atoms with Crippen LogP contribution in [0.1, 0.15) is 26.1 Å². The van der Waals surface area contributed by atoms with Crippen LogP contribution in [0, 0.1) is 0 Å². The molecule has 1 heterocycles. The molecule has 0 bridgehead atoms. The van der Waals surface area contributed by atoms with E-state index in [0.29, 0.717) is 0 Å². The van der Waals surface area contributed by atoms with Gasteiger partial charge in [-0.2, -0.15) is 0 Å². The molecule has 1 aromatic rings. The van der Waals surface area contributed by atoms with Crippen molar-refractivity contribution in [2.45, 2.75) is 25.5 Å². The van der Waals surface area contributed by atoms with Crippen LogP contribution in [0.3, 0.4) is 0 Å². The average Bonchev–Trinajstić information content (AvgIpc) is 2.94. The maximum Gasteiger partial charge on any atom is 0.554 e. The standard InChI is InChI=1S/C13H21ClN2O5Si/c1-7-13(21-11(17)10(2)3,12-15-8-9-16(12)14)22(18-4,19-5)20-6/h8-9H,2,7H2,1,3-6H3. The summed E-state index contributed by atoms with van der Waals surface area (Å²) in [6, 6.07) is 0. The first kappa shape index (κ1) is 18.9. The molecule has 124 valence electrons. The molecule has 0 spiro atoms. The van der Waals surface area contributed by atoms with Gasteiger partial charge < -0.3 is 18.0 Å². The first-order valence-corrected chi connectivity index (χ1v) is 8.64. The Hall–Kier alpha value is -1.19. The van der Waals surface area contributed by atoms with Gasteiger partial charge in [-0.1, -0.05) is 13.5 Å². The number of imidazole rings is 1. The van der Waals surface area contributed by atoms with Gasteiger partial charge in [0, 0.05) is 51.1 Å². The second-order valence-corrected chi connectivity index (χ2v) is 8.09. The number of ether oxygens (including phenoxy) is 1. The molecule has 0 fully saturated rings. The molecule has 7 nitrogen and oxygen atoms in total. The van der Waals surface area contributed by atoms with Gasteiger partial charge in [-0.25, -0.2) is 13.9 Å². The molecule has 0 N–H and O–H groups in total. The topological polar surface area (TPSA) is 71.8 Å². The first-order chi connectivity index (χ1) is 10.3. The lowest BCUT2D eigenvalue weighted by Crippen LogP contribution is -2.64. The third-order valence-electron chi connectivity index (χ3n) is 3.37. The summed E-state index contributed by atoms with van der Waals surface area (Å²) >= 11 is 6.14.